The fraction of sp³-hybridized carbons (Fsp3) is 0.226. The van der Waals surface area contributed by atoms with Gasteiger partial charge in [0.05, 0.1) is 18.0 Å². The number of rotatable bonds is 6. The lowest BCUT2D eigenvalue weighted by molar-refractivity contribution is -0.146. The monoisotopic (exact) mass is 572 g/mol. The Balaban J connectivity index is 1.56. The molecule has 0 bridgehead atoms. The van der Waals surface area contributed by atoms with Gasteiger partial charge in [0.2, 0.25) is 6.79 Å². The molecular formula is C31H28N2O7S. The Bertz CT molecular complexity index is 1770. The van der Waals surface area contributed by atoms with Gasteiger partial charge in [-0.3, -0.25) is 0 Å². The van der Waals surface area contributed by atoms with Gasteiger partial charge in [-0.1, -0.05) is 66.2 Å². The number of benzene rings is 4. The average Bonchev–Trinajstić information content (AvgIpc) is 3.58. The van der Waals surface area contributed by atoms with Crippen LogP contribution in [0, 0.1) is 6.92 Å². The lowest BCUT2D eigenvalue weighted by atomic mass is 9.95. The summed E-state index contributed by atoms with van der Waals surface area (Å²) in [5.41, 5.74) is 2.02. The Kier molecular flexibility index (Phi) is 6.57. The van der Waals surface area contributed by atoms with E-state index in [4.69, 9.17) is 14.2 Å². The molecule has 2 aliphatic rings. The molecule has 210 valence electrons. The van der Waals surface area contributed by atoms with Gasteiger partial charge in [0.25, 0.3) is 10.0 Å². The molecule has 4 aromatic rings. The maximum atomic E-state index is 14.4. The number of carbonyl (C=O) groups is 2. The zero-order chi connectivity index (χ0) is 28.9. The molecule has 2 aliphatic heterocycles. The summed E-state index contributed by atoms with van der Waals surface area (Å²) in [6.45, 7) is 3.64. The number of fused-ring (bicyclic) bond motifs is 2. The molecule has 0 spiro atoms. The van der Waals surface area contributed by atoms with Crippen molar-refractivity contribution in [2.24, 2.45) is 0 Å². The van der Waals surface area contributed by atoms with Gasteiger partial charge < -0.3 is 19.1 Å². The molecule has 9 nitrogen and oxygen atoms in total. The van der Waals surface area contributed by atoms with Crippen molar-refractivity contribution in [2.75, 3.05) is 13.9 Å². The molecule has 0 saturated carbocycles. The molecule has 0 aliphatic carbocycles. The van der Waals surface area contributed by atoms with Gasteiger partial charge in [-0.15, -0.1) is 0 Å². The van der Waals surface area contributed by atoms with Crippen molar-refractivity contribution >= 4 is 32.8 Å². The minimum Gasteiger partial charge on any atom is -0.467 e. The van der Waals surface area contributed by atoms with Crippen LogP contribution in [0.5, 0.6) is 11.5 Å². The zero-order valence-electron chi connectivity index (χ0n) is 22.7. The molecule has 41 heavy (non-hydrogen) atoms. The number of carbonyl (C=O) groups excluding carboxylic acids is 2. The predicted molar refractivity (Wildman–Crippen MR) is 151 cm³/mol. The second kappa shape index (κ2) is 10.1. The molecule has 1 saturated heterocycles. The van der Waals surface area contributed by atoms with Gasteiger partial charge >= 0.3 is 12.0 Å². The first-order valence-electron chi connectivity index (χ1n) is 13.1. The minimum absolute atomic E-state index is 0.0123. The van der Waals surface area contributed by atoms with E-state index in [1.54, 1.807) is 37.3 Å². The van der Waals surface area contributed by atoms with E-state index >= 15 is 0 Å². The Hall–Kier alpha value is -4.57. The number of hydrogen-bond donors (Lipinski definition) is 0. The third-order valence-electron chi connectivity index (χ3n) is 7.71. The van der Waals surface area contributed by atoms with E-state index in [0.29, 0.717) is 17.1 Å². The topological polar surface area (TPSA) is 102 Å². The molecule has 3 unspecified atom stereocenters. The minimum atomic E-state index is -4.42. The second-order valence-electron chi connectivity index (χ2n) is 10.1. The van der Waals surface area contributed by atoms with Crippen LogP contribution in [0.4, 0.5) is 4.79 Å². The van der Waals surface area contributed by atoms with Crippen LogP contribution >= 0.6 is 0 Å². The van der Waals surface area contributed by atoms with Gasteiger partial charge in [-0.25, -0.2) is 22.3 Å². The Labute approximate surface area is 237 Å². The average molecular weight is 573 g/mol. The number of methoxy groups -OCH3 is 1. The van der Waals surface area contributed by atoms with Crippen LogP contribution in [0.3, 0.4) is 0 Å². The van der Waals surface area contributed by atoms with Gasteiger partial charge in [-0.05, 0) is 60.0 Å². The molecule has 6 rings (SSSR count). The summed E-state index contributed by atoms with van der Waals surface area (Å²) in [7, 11) is -3.20. The lowest BCUT2D eigenvalue weighted by Gasteiger charge is -2.30. The standard InChI is InChI=1S/C31H28N2O7S/c1-19-11-14-23(15-12-19)41(36,37)33-28(22-13-16-26-27(17-22)40-18-39-26)29(30(34)38-3)32(31(33)35)20(2)24-10-6-8-21-7-4-5-9-25(21)24/h4-17,20,28-29H,18H2,1-3H3. The number of nitrogens with zero attached hydrogens (tertiary/aromatic N) is 2. The molecule has 3 atom stereocenters. The van der Waals surface area contributed by atoms with Crippen LogP contribution in [0.1, 0.15) is 35.7 Å². The highest BCUT2D eigenvalue weighted by atomic mass is 32.2. The quantitative estimate of drug-likeness (QED) is 0.287. The van der Waals surface area contributed by atoms with Crippen LogP contribution in [-0.4, -0.2) is 49.6 Å². The van der Waals surface area contributed by atoms with E-state index in [1.165, 1.54) is 24.1 Å². The van der Waals surface area contributed by atoms with Gasteiger partial charge in [-0.2, -0.15) is 0 Å². The summed E-state index contributed by atoms with van der Waals surface area (Å²) in [5.74, 6) is 0.142. The summed E-state index contributed by atoms with van der Waals surface area (Å²) in [6.07, 6.45) is 0. The fourth-order valence-corrected chi connectivity index (χ4v) is 7.20. The van der Waals surface area contributed by atoms with E-state index < -0.39 is 40.1 Å². The van der Waals surface area contributed by atoms with Crippen molar-refractivity contribution < 1.29 is 32.2 Å². The molecule has 2 amide bonds. The largest absolute Gasteiger partial charge is 0.467 e. The highest BCUT2D eigenvalue weighted by Gasteiger charge is 2.57. The Morgan fingerprint density at radius 3 is 2.41 bits per heavy atom. The molecule has 0 radical (unpaired) electrons. The summed E-state index contributed by atoms with van der Waals surface area (Å²) in [5, 5.41) is 1.84. The number of sulfonamides is 1. The van der Waals surface area contributed by atoms with E-state index in [9.17, 15) is 18.0 Å². The van der Waals surface area contributed by atoms with Crippen molar-refractivity contribution in [1.82, 2.24) is 9.21 Å². The summed E-state index contributed by atoms with van der Waals surface area (Å²) >= 11 is 0. The van der Waals surface area contributed by atoms with E-state index in [2.05, 4.69) is 0 Å². The first-order chi connectivity index (χ1) is 19.7. The lowest BCUT2D eigenvalue weighted by Crippen LogP contribution is -2.42. The smallest absolute Gasteiger partial charge is 0.335 e. The molecule has 0 N–H and O–H groups in total. The summed E-state index contributed by atoms with van der Waals surface area (Å²) in [6, 6.07) is 20.5. The normalized spacial score (nSPS) is 19.0. The third-order valence-corrected chi connectivity index (χ3v) is 9.48. The first-order valence-corrected chi connectivity index (χ1v) is 14.5. The SMILES string of the molecule is COC(=O)C1C(c2ccc3c(c2)OCO3)N(S(=O)(=O)c2ccc(C)cc2)C(=O)N1C(C)c1cccc2ccccc12. The second-order valence-corrected chi connectivity index (χ2v) is 11.9. The third kappa shape index (κ3) is 4.35. The molecular weight excluding hydrogens is 544 g/mol. The summed E-state index contributed by atoms with van der Waals surface area (Å²) in [4.78, 5) is 29.2. The Morgan fingerprint density at radius 1 is 0.951 bits per heavy atom. The van der Waals surface area contributed by atoms with Gasteiger partial charge in [0.1, 0.15) is 6.04 Å². The highest BCUT2D eigenvalue weighted by Crippen LogP contribution is 2.46. The number of hydrogen-bond acceptors (Lipinski definition) is 7. The van der Waals surface area contributed by atoms with E-state index in [1.807, 2.05) is 49.4 Å². The predicted octanol–water partition coefficient (Wildman–Crippen LogP) is 5.35. The number of esters is 1. The molecule has 4 aromatic carbocycles. The maximum absolute atomic E-state index is 14.4. The summed E-state index contributed by atoms with van der Waals surface area (Å²) < 4.78 is 45.4. The van der Waals surface area contributed by atoms with Crippen LogP contribution in [0.2, 0.25) is 0 Å². The highest BCUT2D eigenvalue weighted by molar-refractivity contribution is 7.89. The molecule has 1 fully saturated rings. The number of amides is 2. The van der Waals surface area contributed by atoms with Crippen LogP contribution in [0.15, 0.2) is 89.8 Å². The van der Waals surface area contributed by atoms with E-state index in [-0.39, 0.29) is 11.7 Å². The van der Waals surface area contributed by atoms with Crippen molar-refractivity contribution in [3.05, 3.63) is 102 Å². The number of ether oxygens (including phenoxy) is 3. The van der Waals surface area contributed by atoms with Crippen LogP contribution in [-0.2, 0) is 19.6 Å². The molecule has 2 heterocycles. The molecule has 0 aromatic heterocycles. The van der Waals surface area contributed by atoms with Gasteiger partial charge in [0, 0.05) is 0 Å². The van der Waals surface area contributed by atoms with Crippen molar-refractivity contribution in [3.8, 4) is 11.5 Å². The number of aryl methyl sites for hydroxylation is 1. The maximum Gasteiger partial charge on any atom is 0.335 e. The van der Waals surface area contributed by atoms with Crippen molar-refractivity contribution in [1.29, 1.82) is 0 Å². The van der Waals surface area contributed by atoms with E-state index in [0.717, 1.165) is 26.2 Å². The van der Waals surface area contributed by atoms with Gasteiger partial charge in [0.15, 0.2) is 17.5 Å². The van der Waals surface area contributed by atoms with Crippen LogP contribution < -0.4 is 9.47 Å². The van der Waals surface area contributed by atoms with Crippen molar-refractivity contribution in [2.45, 2.75) is 36.9 Å². The first kappa shape index (κ1) is 26.6. The molecule has 10 heteroatoms. The van der Waals surface area contributed by atoms with Crippen molar-refractivity contribution in [3.63, 3.8) is 0 Å². The zero-order valence-corrected chi connectivity index (χ0v) is 23.5. The number of urea groups is 1. The Morgan fingerprint density at radius 2 is 1.66 bits per heavy atom. The fourth-order valence-electron chi connectivity index (χ4n) is 5.66. The van der Waals surface area contributed by atoms with Crippen LogP contribution in [0.25, 0.3) is 10.8 Å².